The molecule has 0 unspecified atom stereocenters. The Labute approximate surface area is 164 Å². The molecule has 0 saturated carbocycles. The number of pyridine rings is 1. The van der Waals surface area contributed by atoms with E-state index in [1.54, 1.807) is 14.2 Å². The van der Waals surface area contributed by atoms with Crippen LogP contribution >= 0.6 is 11.6 Å². The Balaban J connectivity index is 1.53. The van der Waals surface area contributed by atoms with Gasteiger partial charge in [-0.15, -0.1) is 0 Å². The van der Waals surface area contributed by atoms with Crippen LogP contribution < -0.4 is 19.3 Å². The molecule has 1 aliphatic rings. The fraction of sp³-hybridized carbons (Fsp3) is 0.286. The Kier molecular flexibility index (Phi) is 4.94. The number of fused-ring (bicyclic) bond motifs is 1. The average molecular weight is 384 g/mol. The molecule has 0 atom stereocenters. The highest BCUT2D eigenvalue weighted by Crippen LogP contribution is 2.33. The predicted molar refractivity (Wildman–Crippen MR) is 111 cm³/mol. The molecule has 5 nitrogen and oxygen atoms in total. The van der Waals surface area contributed by atoms with Crippen LogP contribution in [-0.2, 0) is 0 Å². The molecule has 0 amide bonds. The van der Waals surface area contributed by atoms with E-state index >= 15 is 0 Å². The molecule has 3 aromatic rings. The number of anilines is 2. The first-order valence-corrected chi connectivity index (χ1v) is 9.33. The molecule has 0 spiro atoms. The van der Waals surface area contributed by atoms with Gasteiger partial charge in [0.05, 0.1) is 19.7 Å². The van der Waals surface area contributed by atoms with Crippen molar-refractivity contribution in [3.8, 4) is 11.5 Å². The van der Waals surface area contributed by atoms with Gasteiger partial charge in [-0.05, 0) is 36.4 Å². The number of hydrogen-bond acceptors (Lipinski definition) is 5. The zero-order valence-electron chi connectivity index (χ0n) is 15.5. The fourth-order valence-corrected chi connectivity index (χ4v) is 3.78. The van der Waals surface area contributed by atoms with Crippen molar-refractivity contribution in [1.82, 2.24) is 4.98 Å². The normalized spacial score (nSPS) is 14.5. The summed E-state index contributed by atoms with van der Waals surface area (Å²) in [4.78, 5) is 9.23. The van der Waals surface area contributed by atoms with Crippen LogP contribution in [0.3, 0.4) is 0 Å². The number of benzene rings is 2. The largest absolute Gasteiger partial charge is 0.493 e. The van der Waals surface area contributed by atoms with Crippen LogP contribution in [0.15, 0.2) is 48.7 Å². The quantitative estimate of drug-likeness (QED) is 0.674. The highest BCUT2D eigenvalue weighted by Gasteiger charge is 2.20. The summed E-state index contributed by atoms with van der Waals surface area (Å²) in [6, 6.07) is 14.1. The number of hydrogen-bond donors (Lipinski definition) is 0. The summed E-state index contributed by atoms with van der Waals surface area (Å²) in [6.45, 7) is 3.76. The monoisotopic (exact) mass is 383 g/mol. The summed E-state index contributed by atoms with van der Waals surface area (Å²) in [6.07, 6.45) is 1.86. The highest BCUT2D eigenvalue weighted by molar-refractivity contribution is 6.31. The van der Waals surface area contributed by atoms with Gasteiger partial charge >= 0.3 is 0 Å². The Hall–Kier alpha value is -2.66. The Bertz CT molecular complexity index is 955. The number of ether oxygens (including phenoxy) is 2. The van der Waals surface area contributed by atoms with Gasteiger partial charge in [-0.3, -0.25) is 4.98 Å². The van der Waals surface area contributed by atoms with E-state index in [-0.39, 0.29) is 0 Å². The third kappa shape index (κ3) is 3.47. The third-order valence-corrected chi connectivity index (χ3v) is 5.27. The summed E-state index contributed by atoms with van der Waals surface area (Å²) >= 11 is 6.11. The molecule has 1 aliphatic heterocycles. The van der Waals surface area contributed by atoms with E-state index in [1.165, 1.54) is 5.69 Å². The van der Waals surface area contributed by atoms with E-state index in [2.05, 4.69) is 33.0 Å². The van der Waals surface area contributed by atoms with E-state index < -0.39 is 0 Å². The van der Waals surface area contributed by atoms with Gasteiger partial charge in [0.1, 0.15) is 0 Å². The van der Waals surface area contributed by atoms with Crippen molar-refractivity contribution in [3.05, 3.63) is 53.7 Å². The standard InChI is InChI=1S/C21H22ClN3O2/c1-26-20-6-4-16(14-21(20)27-2)24-9-11-25(12-10-24)19-7-8-23-18-13-15(22)3-5-17(18)19/h3-8,13-14H,9-12H2,1-2H3. The van der Waals surface area contributed by atoms with E-state index in [4.69, 9.17) is 21.1 Å². The van der Waals surface area contributed by atoms with E-state index in [9.17, 15) is 0 Å². The number of halogens is 1. The smallest absolute Gasteiger partial charge is 0.162 e. The molecule has 4 rings (SSSR count). The summed E-state index contributed by atoms with van der Waals surface area (Å²) in [7, 11) is 3.32. The van der Waals surface area contributed by atoms with Crippen molar-refractivity contribution < 1.29 is 9.47 Å². The van der Waals surface area contributed by atoms with Gasteiger partial charge in [0.2, 0.25) is 0 Å². The molecule has 2 heterocycles. The lowest BCUT2D eigenvalue weighted by molar-refractivity contribution is 0.355. The minimum Gasteiger partial charge on any atom is -0.493 e. The molecule has 1 saturated heterocycles. The maximum absolute atomic E-state index is 6.11. The fourth-order valence-electron chi connectivity index (χ4n) is 3.61. The van der Waals surface area contributed by atoms with E-state index in [0.29, 0.717) is 5.02 Å². The van der Waals surface area contributed by atoms with E-state index in [1.807, 2.05) is 30.5 Å². The van der Waals surface area contributed by atoms with Gasteiger partial charge in [-0.2, -0.15) is 0 Å². The minimum atomic E-state index is 0.713. The highest BCUT2D eigenvalue weighted by atomic mass is 35.5. The summed E-state index contributed by atoms with van der Waals surface area (Å²) in [5, 5.41) is 1.85. The van der Waals surface area contributed by atoms with E-state index in [0.717, 1.165) is 54.3 Å². The molecule has 0 bridgehead atoms. The lowest BCUT2D eigenvalue weighted by atomic mass is 10.1. The third-order valence-electron chi connectivity index (χ3n) is 5.03. The first-order chi connectivity index (χ1) is 13.2. The first kappa shape index (κ1) is 17.7. The molecule has 1 aromatic heterocycles. The van der Waals surface area contributed by atoms with Crippen LogP contribution in [0.4, 0.5) is 11.4 Å². The van der Waals surface area contributed by atoms with Gasteiger partial charge in [0, 0.05) is 60.2 Å². The molecule has 2 aromatic carbocycles. The molecular formula is C21H22ClN3O2. The number of aromatic nitrogens is 1. The molecule has 140 valence electrons. The zero-order valence-corrected chi connectivity index (χ0v) is 16.2. The lowest BCUT2D eigenvalue weighted by Gasteiger charge is -2.38. The second-order valence-electron chi connectivity index (χ2n) is 6.50. The van der Waals surface area contributed by atoms with Crippen LogP contribution in [0.5, 0.6) is 11.5 Å². The summed E-state index contributed by atoms with van der Waals surface area (Å²) in [5.74, 6) is 1.51. The van der Waals surface area contributed by atoms with Crippen LogP contribution in [0, 0.1) is 0 Å². The molecule has 0 N–H and O–H groups in total. The van der Waals surface area contributed by atoms with Crippen molar-refractivity contribution in [3.63, 3.8) is 0 Å². The number of nitrogens with zero attached hydrogens (tertiary/aromatic N) is 3. The number of rotatable bonds is 4. The lowest BCUT2D eigenvalue weighted by Crippen LogP contribution is -2.46. The van der Waals surface area contributed by atoms with Crippen molar-refractivity contribution in [2.75, 3.05) is 50.2 Å². The molecule has 27 heavy (non-hydrogen) atoms. The second kappa shape index (κ2) is 7.53. The van der Waals surface area contributed by atoms with Crippen LogP contribution in [0.25, 0.3) is 10.9 Å². The Morgan fingerprint density at radius 3 is 2.33 bits per heavy atom. The summed E-state index contributed by atoms with van der Waals surface area (Å²) in [5.41, 5.74) is 3.30. The van der Waals surface area contributed by atoms with Crippen molar-refractivity contribution >= 4 is 33.9 Å². The van der Waals surface area contributed by atoms with Gasteiger partial charge in [0.15, 0.2) is 11.5 Å². The topological polar surface area (TPSA) is 37.8 Å². The molecule has 0 aliphatic carbocycles. The predicted octanol–water partition coefficient (Wildman–Crippen LogP) is 4.23. The molecule has 1 fully saturated rings. The van der Waals surface area contributed by atoms with Gasteiger partial charge in [0.25, 0.3) is 0 Å². The van der Waals surface area contributed by atoms with Gasteiger partial charge < -0.3 is 19.3 Å². The van der Waals surface area contributed by atoms with Crippen molar-refractivity contribution in [2.45, 2.75) is 0 Å². The van der Waals surface area contributed by atoms with Crippen LogP contribution in [0.1, 0.15) is 0 Å². The average Bonchev–Trinajstić information content (AvgIpc) is 2.72. The first-order valence-electron chi connectivity index (χ1n) is 8.96. The van der Waals surface area contributed by atoms with Gasteiger partial charge in [-0.1, -0.05) is 11.6 Å². The molecule has 0 radical (unpaired) electrons. The van der Waals surface area contributed by atoms with Crippen LogP contribution in [0.2, 0.25) is 5.02 Å². The maximum Gasteiger partial charge on any atom is 0.162 e. The Morgan fingerprint density at radius 1 is 0.852 bits per heavy atom. The second-order valence-corrected chi connectivity index (χ2v) is 6.94. The van der Waals surface area contributed by atoms with Crippen LogP contribution in [-0.4, -0.2) is 45.4 Å². The molecule has 6 heteroatoms. The Morgan fingerprint density at radius 2 is 1.59 bits per heavy atom. The SMILES string of the molecule is COc1ccc(N2CCN(c3ccnc4cc(Cl)ccc34)CC2)cc1OC. The van der Waals surface area contributed by atoms with Crippen molar-refractivity contribution in [2.24, 2.45) is 0 Å². The van der Waals surface area contributed by atoms with Crippen molar-refractivity contribution in [1.29, 1.82) is 0 Å². The minimum absolute atomic E-state index is 0.713. The molecular weight excluding hydrogens is 362 g/mol. The number of methoxy groups -OCH3 is 2. The van der Waals surface area contributed by atoms with Gasteiger partial charge in [-0.25, -0.2) is 0 Å². The number of piperazine rings is 1. The summed E-state index contributed by atoms with van der Waals surface area (Å²) < 4.78 is 10.8. The zero-order chi connectivity index (χ0) is 18.8. The maximum atomic E-state index is 6.11.